The van der Waals surface area contributed by atoms with Crippen LogP contribution in [0.4, 0.5) is 0 Å². The maximum absolute atomic E-state index is 6.19. The molecule has 1 fully saturated rings. The summed E-state index contributed by atoms with van der Waals surface area (Å²) in [5, 5.41) is 3.98. The van der Waals surface area contributed by atoms with Gasteiger partial charge in [0.15, 0.2) is 12.4 Å². The van der Waals surface area contributed by atoms with Crippen molar-refractivity contribution in [2.75, 3.05) is 0 Å². The Morgan fingerprint density at radius 2 is 1.62 bits per heavy atom. The van der Waals surface area contributed by atoms with Crippen molar-refractivity contribution in [2.45, 2.75) is 38.3 Å². The van der Waals surface area contributed by atoms with Gasteiger partial charge in [0.05, 0.1) is 5.54 Å². The van der Waals surface area contributed by atoms with Gasteiger partial charge in [0.25, 0.3) is 5.89 Å². The van der Waals surface area contributed by atoms with E-state index in [0.29, 0.717) is 17.5 Å². The number of hydrogen-bond acceptors (Lipinski definition) is 6. The fourth-order valence-corrected chi connectivity index (χ4v) is 2.79. The molecule has 6 heteroatoms. The van der Waals surface area contributed by atoms with E-state index in [1.807, 2.05) is 55.5 Å². The fourth-order valence-electron chi connectivity index (χ4n) is 2.79. The maximum atomic E-state index is 6.19. The van der Waals surface area contributed by atoms with Gasteiger partial charge in [0.2, 0.25) is 0 Å². The normalized spacial score (nSPS) is 15.3. The summed E-state index contributed by atoms with van der Waals surface area (Å²) in [5.41, 5.74) is 6.97. The summed E-state index contributed by atoms with van der Waals surface area (Å²) in [5.74, 6) is 3.25. The predicted octanol–water partition coefficient (Wildman–Crippen LogP) is 4.09. The molecule has 0 amide bonds. The molecule has 6 nitrogen and oxygen atoms in total. The van der Waals surface area contributed by atoms with Crippen molar-refractivity contribution in [1.29, 1.82) is 0 Å². The zero-order valence-corrected chi connectivity index (χ0v) is 14.6. The van der Waals surface area contributed by atoms with Crippen molar-refractivity contribution in [3.05, 3.63) is 65.8 Å². The number of nitrogens with two attached hydrogens (primary N) is 1. The molecule has 0 atom stereocenters. The first-order chi connectivity index (χ1) is 12.6. The van der Waals surface area contributed by atoms with Crippen LogP contribution in [0.1, 0.15) is 36.5 Å². The first-order valence-corrected chi connectivity index (χ1v) is 8.70. The zero-order chi connectivity index (χ0) is 18.0. The minimum atomic E-state index is -0.420. The van der Waals surface area contributed by atoms with Gasteiger partial charge in [-0.15, -0.1) is 0 Å². The molecule has 1 aliphatic carbocycles. The Morgan fingerprint density at radius 1 is 1.00 bits per heavy atom. The van der Waals surface area contributed by atoms with Crippen LogP contribution in [0.2, 0.25) is 0 Å². The van der Waals surface area contributed by atoms with E-state index in [-0.39, 0.29) is 6.61 Å². The van der Waals surface area contributed by atoms with Crippen LogP contribution in [0, 0.1) is 6.92 Å². The minimum Gasteiger partial charge on any atom is -0.484 e. The van der Waals surface area contributed by atoms with Crippen molar-refractivity contribution in [3.8, 4) is 17.2 Å². The van der Waals surface area contributed by atoms with Crippen molar-refractivity contribution >= 4 is 0 Å². The summed E-state index contributed by atoms with van der Waals surface area (Å²) in [6.07, 6.45) is 2.90. The number of rotatable bonds is 6. The van der Waals surface area contributed by atoms with Crippen LogP contribution in [0.15, 0.2) is 53.1 Å². The molecule has 1 saturated carbocycles. The Kier molecular flexibility index (Phi) is 4.34. The van der Waals surface area contributed by atoms with E-state index in [1.54, 1.807) is 0 Å². The molecule has 0 spiro atoms. The molecule has 26 heavy (non-hydrogen) atoms. The summed E-state index contributed by atoms with van der Waals surface area (Å²) in [7, 11) is 0. The number of ether oxygens (including phenoxy) is 2. The lowest BCUT2D eigenvalue weighted by atomic mass is 9.77. The largest absolute Gasteiger partial charge is 0.484 e. The van der Waals surface area contributed by atoms with Crippen LogP contribution in [-0.2, 0) is 12.1 Å². The fraction of sp³-hybridized carbons (Fsp3) is 0.300. The Hall–Kier alpha value is -2.86. The van der Waals surface area contributed by atoms with Crippen LogP contribution in [0.25, 0.3) is 0 Å². The first-order valence-electron chi connectivity index (χ1n) is 8.70. The molecule has 4 rings (SSSR count). The first kappa shape index (κ1) is 16.6. The smallest absolute Gasteiger partial charge is 0.264 e. The van der Waals surface area contributed by atoms with Gasteiger partial charge >= 0.3 is 0 Å². The molecule has 0 aliphatic heterocycles. The average Bonchev–Trinajstić information content (AvgIpc) is 3.10. The van der Waals surface area contributed by atoms with Crippen LogP contribution in [0.3, 0.4) is 0 Å². The molecular weight excluding hydrogens is 330 g/mol. The molecule has 1 aliphatic rings. The number of aryl methyl sites for hydroxylation is 1. The van der Waals surface area contributed by atoms with E-state index in [1.165, 1.54) is 5.56 Å². The van der Waals surface area contributed by atoms with Gasteiger partial charge in [-0.25, -0.2) is 0 Å². The van der Waals surface area contributed by atoms with Crippen molar-refractivity contribution in [2.24, 2.45) is 5.73 Å². The molecule has 0 unspecified atom stereocenters. The molecule has 0 radical (unpaired) electrons. The second kappa shape index (κ2) is 6.80. The summed E-state index contributed by atoms with van der Waals surface area (Å²) in [6.45, 7) is 2.25. The van der Waals surface area contributed by atoms with Crippen LogP contribution < -0.4 is 15.2 Å². The third-order valence-electron chi connectivity index (χ3n) is 4.60. The van der Waals surface area contributed by atoms with Gasteiger partial charge in [-0.1, -0.05) is 22.9 Å². The van der Waals surface area contributed by atoms with E-state index in [4.69, 9.17) is 19.7 Å². The predicted molar refractivity (Wildman–Crippen MR) is 96.0 cm³/mol. The van der Waals surface area contributed by atoms with Crippen LogP contribution >= 0.6 is 0 Å². The van der Waals surface area contributed by atoms with Gasteiger partial charge in [-0.3, -0.25) is 0 Å². The van der Waals surface area contributed by atoms with Crippen LogP contribution in [-0.4, -0.2) is 10.1 Å². The topological polar surface area (TPSA) is 83.4 Å². The van der Waals surface area contributed by atoms with Gasteiger partial charge in [0, 0.05) is 0 Å². The molecule has 1 aromatic heterocycles. The van der Waals surface area contributed by atoms with Crippen LogP contribution in [0.5, 0.6) is 17.2 Å². The lowest BCUT2D eigenvalue weighted by molar-refractivity contribution is 0.223. The number of benzene rings is 2. The molecule has 3 aromatic rings. The Bertz CT molecular complexity index is 868. The van der Waals surface area contributed by atoms with E-state index >= 15 is 0 Å². The standard InChI is InChI=1S/C20H21N3O3/c1-14-3-5-16(6-4-14)25-17-9-7-15(8-10-17)24-13-18-22-19(23-26-18)20(21)11-2-12-20/h3-10H,2,11-13,21H2,1H3. The second-order valence-electron chi connectivity index (χ2n) is 6.70. The molecule has 134 valence electrons. The molecule has 0 bridgehead atoms. The monoisotopic (exact) mass is 351 g/mol. The summed E-state index contributed by atoms with van der Waals surface area (Å²) in [6, 6.07) is 15.3. The van der Waals surface area contributed by atoms with Gasteiger partial charge < -0.3 is 19.7 Å². The maximum Gasteiger partial charge on any atom is 0.264 e. The number of hydrogen-bond donors (Lipinski definition) is 1. The average molecular weight is 351 g/mol. The second-order valence-corrected chi connectivity index (χ2v) is 6.70. The summed E-state index contributed by atoms with van der Waals surface area (Å²) >= 11 is 0. The van der Waals surface area contributed by atoms with E-state index < -0.39 is 5.54 Å². The highest BCUT2D eigenvalue weighted by atomic mass is 16.5. The van der Waals surface area contributed by atoms with Gasteiger partial charge in [-0.05, 0) is 62.6 Å². The van der Waals surface area contributed by atoms with Gasteiger partial charge in [0.1, 0.15) is 17.2 Å². The Balaban J connectivity index is 1.33. The van der Waals surface area contributed by atoms with Crippen molar-refractivity contribution in [3.63, 3.8) is 0 Å². The Morgan fingerprint density at radius 3 is 2.23 bits per heavy atom. The molecule has 2 N–H and O–H groups in total. The molecular formula is C20H21N3O3. The highest BCUT2D eigenvalue weighted by Crippen LogP contribution is 2.36. The van der Waals surface area contributed by atoms with Crippen molar-refractivity contribution < 1.29 is 14.0 Å². The molecule has 0 saturated heterocycles. The lowest BCUT2D eigenvalue weighted by Gasteiger charge is -2.34. The quantitative estimate of drug-likeness (QED) is 0.720. The SMILES string of the molecule is Cc1ccc(Oc2ccc(OCc3nc(C4(N)CCC4)no3)cc2)cc1. The van der Waals surface area contributed by atoms with E-state index in [2.05, 4.69) is 10.1 Å². The van der Waals surface area contributed by atoms with E-state index in [9.17, 15) is 0 Å². The van der Waals surface area contributed by atoms with E-state index in [0.717, 1.165) is 30.8 Å². The zero-order valence-electron chi connectivity index (χ0n) is 14.6. The highest BCUT2D eigenvalue weighted by molar-refractivity contribution is 5.36. The molecule has 1 heterocycles. The minimum absolute atomic E-state index is 0.210. The molecule has 2 aromatic carbocycles. The third-order valence-corrected chi connectivity index (χ3v) is 4.60. The lowest BCUT2D eigenvalue weighted by Crippen LogP contribution is -2.44. The summed E-state index contributed by atoms with van der Waals surface area (Å²) < 4.78 is 16.7. The highest BCUT2D eigenvalue weighted by Gasteiger charge is 2.38. The third kappa shape index (κ3) is 3.55. The van der Waals surface area contributed by atoms with Crippen molar-refractivity contribution in [1.82, 2.24) is 10.1 Å². The number of nitrogens with zero attached hydrogens (tertiary/aromatic N) is 2. The number of aromatic nitrogens is 2. The Labute approximate surface area is 151 Å². The van der Waals surface area contributed by atoms with Gasteiger partial charge in [-0.2, -0.15) is 4.98 Å². The summed E-state index contributed by atoms with van der Waals surface area (Å²) in [4.78, 5) is 4.35.